The lowest BCUT2D eigenvalue weighted by Crippen LogP contribution is -2.38. The molecule has 0 aliphatic carbocycles. The number of hydrogen-bond acceptors (Lipinski definition) is 2. The molecule has 0 spiro atoms. The van der Waals surface area contributed by atoms with Crippen LogP contribution >= 0.6 is 0 Å². The van der Waals surface area contributed by atoms with E-state index in [0.717, 1.165) is 12.1 Å². The Morgan fingerprint density at radius 2 is 2.19 bits per heavy atom. The van der Waals surface area contributed by atoms with E-state index >= 15 is 0 Å². The van der Waals surface area contributed by atoms with Gasteiger partial charge in [0, 0.05) is 24.5 Å². The van der Waals surface area contributed by atoms with Crippen LogP contribution in [0.15, 0.2) is 18.2 Å². The van der Waals surface area contributed by atoms with Gasteiger partial charge in [-0.15, -0.1) is 0 Å². The Bertz CT molecular complexity index is 395. The Hall–Kier alpha value is -1.00. The highest BCUT2D eigenvalue weighted by molar-refractivity contribution is 5.25. The number of hydrogen-bond donors (Lipinski definition) is 1. The Kier molecular flexibility index (Phi) is 2.95. The zero-order chi connectivity index (χ0) is 11.8. The lowest BCUT2D eigenvalue weighted by Gasteiger charge is -2.36. The second-order valence-corrected chi connectivity index (χ2v) is 4.29. The highest BCUT2D eigenvalue weighted by Crippen LogP contribution is 2.35. The molecule has 88 valence electrons. The monoisotopic (exact) mass is 228 g/mol. The standard InChI is InChI=1S/C12H14F2O2/c1-8-7-12(15,4-5-16-8)10-3-2-9(13)6-11(10)14/h2-3,6,8,15H,4-5,7H2,1H3. The van der Waals surface area contributed by atoms with E-state index in [0.29, 0.717) is 19.4 Å². The van der Waals surface area contributed by atoms with Crippen molar-refractivity contribution in [3.8, 4) is 0 Å². The summed E-state index contributed by atoms with van der Waals surface area (Å²) >= 11 is 0. The van der Waals surface area contributed by atoms with Gasteiger partial charge in [-0.25, -0.2) is 8.78 Å². The molecule has 0 bridgehead atoms. The van der Waals surface area contributed by atoms with Crippen LogP contribution in [0.2, 0.25) is 0 Å². The first-order valence-corrected chi connectivity index (χ1v) is 5.31. The largest absolute Gasteiger partial charge is 0.385 e. The molecule has 16 heavy (non-hydrogen) atoms. The van der Waals surface area contributed by atoms with Crippen molar-refractivity contribution >= 4 is 0 Å². The summed E-state index contributed by atoms with van der Waals surface area (Å²) in [5.41, 5.74) is -1.08. The smallest absolute Gasteiger partial charge is 0.132 e. The van der Waals surface area contributed by atoms with Gasteiger partial charge in [-0.05, 0) is 13.0 Å². The van der Waals surface area contributed by atoms with E-state index in [1.165, 1.54) is 6.07 Å². The van der Waals surface area contributed by atoms with Gasteiger partial charge in [-0.2, -0.15) is 0 Å². The van der Waals surface area contributed by atoms with E-state index in [-0.39, 0.29) is 11.7 Å². The Morgan fingerprint density at radius 3 is 2.81 bits per heavy atom. The molecular formula is C12H14F2O2. The van der Waals surface area contributed by atoms with Crippen LogP contribution in [0.4, 0.5) is 8.78 Å². The predicted molar refractivity (Wildman–Crippen MR) is 54.9 cm³/mol. The summed E-state index contributed by atoms with van der Waals surface area (Å²) in [6.07, 6.45) is 0.540. The van der Waals surface area contributed by atoms with Crippen LogP contribution in [0.1, 0.15) is 25.3 Å². The third kappa shape index (κ3) is 2.08. The first-order valence-electron chi connectivity index (χ1n) is 5.31. The van der Waals surface area contributed by atoms with Gasteiger partial charge in [-0.3, -0.25) is 0 Å². The summed E-state index contributed by atoms with van der Waals surface area (Å²) in [5.74, 6) is -1.33. The Balaban J connectivity index is 2.34. The topological polar surface area (TPSA) is 29.5 Å². The molecule has 1 aromatic rings. The minimum Gasteiger partial charge on any atom is -0.385 e. The maximum absolute atomic E-state index is 13.6. The summed E-state index contributed by atoms with van der Waals surface area (Å²) in [6.45, 7) is 2.21. The van der Waals surface area contributed by atoms with Gasteiger partial charge < -0.3 is 9.84 Å². The van der Waals surface area contributed by atoms with Crippen LogP contribution in [0.25, 0.3) is 0 Å². The molecule has 1 aliphatic rings. The summed E-state index contributed by atoms with van der Waals surface area (Å²) in [6, 6.07) is 3.27. The first kappa shape index (κ1) is 11.5. The quantitative estimate of drug-likeness (QED) is 0.799. The number of benzene rings is 1. The third-order valence-corrected chi connectivity index (χ3v) is 2.98. The average Bonchev–Trinajstić information content (AvgIpc) is 2.16. The Labute approximate surface area is 92.9 Å². The fourth-order valence-corrected chi connectivity index (χ4v) is 2.18. The molecule has 0 aromatic heterocycles. The van der Waals surface area contributed by atoms with Crippen molar-refractivity contribution < 1.29 is 18.6 Å². The van der Waals surface area contributed by atoms with Crippen molar-refractivity contribution in [1.29, 1.82) is 0 Å². The summed E-state index contributed by atoms with van der Waals surface area (Å²) in [7, 11) is 0. The van der Waals surface area contributed by atoms with E-state index in [1.54, 1.807) is 0 Å². The van der Waals surface area contributed by atoms with E-state index in [9.17, 15) is 13.9 Å². The summed E-state index contributed by atoms with van der Waals surface area (Å²) < 4.78 is 31.6. The SMILES string of the molecule is CC1CC(O)(c2ccc(F)cc2F)CCO1. The highest BCUT2D eigenvalue weighted by Gasteiger charge is 2.37. The van der Waals surface area contributed by atoms with Crippen LogP contribution in [0.5, 0.6) is 0 Å². The second kappa shape index (κ2) is 4.11. The minimum atomic E-state index is -1.24. The molecule has 2 rings (SSSR count). The number of rotatable bonds is 1. The molecule has 1 heterocycles. The summed E-state index contributed by atoms with van der Waals surface area (Å²) in [4.78, 5) is 0. The number of halogens is 2. The molecule has 1 aliphatic heterocycles. The molecule has 2 nitrogen and oxygen atoms in total. The van der Waals surface area contributed by atoms with E-state index < -0.39 is 17.2 Å². The van der Waals surface area contributed by atoms with Crippen molar-refractivity contribution in [3.63, 3.8) is 0 Å². The molecule has 4 heteroatoms. The highest BCUT2D eigenvalue weighted by atomic mass is 19.1. The van der Waals surface area contributed by atoms with Crippen molar-refractivity contribution in [2.45, 2.75) is 31.5 Å². The molecular weight excluding hydrogens is 214 g/mol. The van der Waals surface area contributed by atoms with Gasteiger partial charge in [0.1, 0.15) is 11.6 Å². The maximum atomic E-state index is 13.6. The van der Waals surface area contributed by atoms with Crippen molar-refractivity contribution in [2.75, 3.05) is 6.61 Å². The predicted octanol–water partition coefficient (Wildman–Crippen LogP) is 2.35. The number of aliphatic hydroxyl groups is 1. The van der Waals surface area contributed by atoms with Crippen molar-refractivity contribution in [1.82, 2.24) is 0 Å². The molecule has 0 radical (unpaired) electrons. The van der Waals surface area contributed by atoms with Gasteiger partial charge in [-0.1, -0.05) is 6.07 Å². The molecule has 1 aromatic carbocycles. The third-order valence-electron chi connectivity index (χ3n) is 2.98. The molecule has 0 saturated carbocycles. The molecule has 0 amide bonds. The fourth-order valence-electron chi connectivity index (χ4n) is 2.18. The van der Waals surface area contributed by atoms with Crippen LogP contribution < -0.4 is 0 Å². The lowest BCUT2D eigenvalue weighted by molar-refractivity contribution is -0.103. The van der Waals surface area contributed by atoms with Gasteiger partial charge in [0.15, 0.2) is 0 Å². The first-order chi connectivity index (χ1) is 7.51. The summed E-state index contributed by atoms with van der Waals surface area (Å²) in [5, 5.41) is 10.3. The van der Waals surface area contributed by atoms with E-state index in [1.807, 2.05) is 6.92 Å². The normalized spacial score (nSPS) is 30.4. The molecule has 1 saturated heterocycles. The fraction of sp³-hybridized carbons (Fsp3) is 0.500. The Morgan fingerprint density at radius 1 is 1.44 bits per heavy atom. The van der Waals surface area contributed by atoms with Gasteiger partial charge >= 0.3 is 0 Å². The van der Waals surface area contributed by atoms with Crippen LogP contribution in [-0.4, -0.2) is 17.8 Å². The molecule has 1 N–H and O–H groups in total. The van der Waals surface area contributed by atoms with E-state index in [2.05, 4.69) is 0 Å². The minimum absolute atomic E-state index is 0.122. The van der Waals surface area contributed by atoms with Gasteiger partial charge in [0.25, 0.3) is 0 Å². The second-order valence-electron chi connectivity index (χ2n) is 4.29. The van der Waals surface area contributed by atoms with Crippen molar-refractivity contribution in [2.24, 2.45) is 0 Å². The van der Waals surface area contributed by atoms with Crippen LogP contribution in [0, 0.1) is 11.6 Å². The zero-order valence-electron chi connectivity index (χ0n) is 9.04. The zero-order valence-corrected chi connectivity index (χ0v) is 9.04. The van der Waals surface area contributed by atoms with Crippen molar-refractivity contribution in [3.05, 3.63) is 35.4 Å². The maximum Gasteiger partial charge on any atom is 0.132 e. The molecule has 2 atom stereocenters. The van der Waals surface area contributed by atoms with E-state index in [4.69, 9.17) is 4.74 Å². The number of ether oxygens (including phenoxy) is 1. The van der Waals surface area contributed by atoms with Gasteiger partial charge in [0.05, 0.1) is 18.3 Å². The van der Waals surface area contributed by atoms with Gasteiger partial charge in [0.2, 0.25) is 0 Å². The molecule has 2 unspecified atom stereocenters. The molecule has 1 fully saturated rings. The lowest BCUT2D eigenvalue weighted by atomic mass is 9.84. The van der Waals surface area contributed by atoms with Crippen LogP contribution in [0.3, 0.4) is 0 Å². The average molecular weight is 228 g/mol. The van der Waals surface area contributed by atoms with Crippen LogP contribution in [-0.2, 0) is 10.3 Å².